The summed E-state index contributed by atoms with van der Waals surface area (Å²) in [5, 5.41) is 10.2. The molecule has 0 radical (unpaired) electrons. The van der Waals surface area contributed by atoms with Gasteiger partial charge < -0.3 is 9.84 Å². The molecule has 1 N–H and O–H groups in total. The van der Waals surface area contributed by atoms with Crippen LogP contribution in [0.15, 0.2) is 47.7 Å². The van der Waals surface area contributed by atoms with Crippen molar-refractivity contribution in [1.29, 1.82) is 0 Å². The second-order valence-electron chi connectivity index (χ2n) is 4.20. The maximum atomic E-state index is 12.3. The Morgan fingerprint density at radius 1 is 1.60 bits per heavy atom. The van der Waals surface area contributed by atoms with Crippen LogP contribution in [-0.4, -0.2) is 28.4 Å². The molecule has 2 rings (SSSR count). The van der Waals surface area contributed by atoms with Crippen LogP contribution < -0.4 is 0 Å². The number of fused-ring (bicyclic) bond motifs is 1. The van der Waals surface area contributed by atoms with Gasteiger partial charge in [0.1, 0.15) is 0 Å². The summed E-state index contributed by atoms with van der Waals surface area (Å²) in [5.41, 5.74) is 0.960. The molecule has 0 aliphatic carbocycles. The first-order valence-corrected chi connectivity index (χ1v) is 6.02. The fourth-order valence-corrected chi connectivity index (χ4v) is 2.04. The molecule has 5 nitrogen and oxygen atoms in total. The van der Waals surface area contributed by atoms with Gasteiger partial charge in [-0.1, -0.05) is 12.2 Å². The Bertz CT molecular complexity index is 589. The predicted molar refractivity (Wildman–Crippen MR) is 71.9 cm³/mol. The van der Waals surface area contributed by atoms with E-state index in [0.29, 0.717) is 0 Å². The van der Waals surface area contributed by atoms with Crippen LogP contribution in [0.3, 0.4) is 0 Å². The van der Waals surface area contributed by atoms with E-state index < -0.39 is 11.9 Å². The normalized spacial score (nSPS) is 17.9. The zero-order valence-electron chi connectivity index (χ0n) is 10.7. The fourth-order valence-electron chi connectivity index (χ4n) is 2.04. The van der Waals surface area contributed by atoms with Crippen LogP contribution in [0.1, 0.15) is 12.8 Å². The summed E-state index contributed by atoms with van der Waals surface area (Å²) in [4.78, 5) is 24.2. The monoisotopic (exact) mass is 271 g/mol. The Hall–Kier alpha value is -2.74. The largest absolute Gasteiger partial charge is 0.494 e. The molecule has 1 atom stereocenters. The number of terminal acetylenes is 1. The van der Waals surface area contributed by atoms with E-state index in [4.69, 9.17) is 11.2 Å². The van der Waals surface area contributed by atoms with E-state index in [1.807, 2.05) is 12.2 Å². The molecule has 0 amide bonds. The number of aliphatic hydroxyl groups excluding tert-OH is 1. The van der Waals surface area contributed by atoms with E-state index in [9.17, 15) is 14.7 Å². The molecule has 1 unspecified atom stereocenters. The minimum atomic E-state index is -1.06. The van der Waals surface area contributed by atoms with Crippen molar-refractivity contribution in [3.8, 4) is 12.3 Å². The number of rotatable bonds is 5. The molecule has 5 heteroatoms. The van der Waals surface area contributed by atoms with Gasteiger partial charge in [0.2, 0.25) is 11.7 Å². The van der Waals surface area contributed by atoms with E-state index in [2.05, 4.69) is 5.92 Å². The van der Waals surface area contributed by atoms with Crippen molar-refractivity contribution >= 4 is 12.3 Å². The molecule has 0 aromatic rings. The number of nitrogens with zero attached hydrogens (tertiary/aromatic N) is 1. The Kier molecular flexibility index (Phi) is 4.06. The first kappa shape index (κ1) is 13.7. The molecule has 2 aliphatic heterocycles. The number of carbonyl (C=O) groups is 2. The lowest BCUT2D eigenvalue weighted by atomic mass is 9.98. The summed E-state index contributed by atoms with van der Waals surface area (Å²) in [7, 11) is 0. The van der Waals surface area contributed by atoms with Gasteiger partial charge in [0, 0.05) is 18.3 Å². The second kappa shape index (κ2) is 5.93. The van der Waals surface area contributed by atoms with Gasteiger partial charge in [-0.3, -0.25) is 14.5 Å². The molecule has 2 heterocycles. The number of carbonyl (C=O) groups excluding carboxylic acids is 2. The number of Topliss-reactive ketones (excluding diaryl/α,β-unsaturated/α-hetero) is 1. The molecule has 0 fully saturated rings. The topological polar surface area (TPSA) is 66.8 Å². The minimum absolute atomic E-state index is 0.0271. The molecule has 20 heavy (non-hydrogen) atoms. The zero-order valence-corrected chi connectivity index (χ0v) is 10.7. The molecular weight excluding hydrogens is 258 g/mol. The molecular formula is C15H13NO4. The first-order valence-electron chi connectivity index (χ1n) is 6.02. The Morgan fingerprint density at radius 3 is 3.10 bits per heavy atom. The van der Waals surface area contributed by atoms with Gasteiger partial charge in [-0.05, 0) is 12.2 Å². The lowest BCUT2D eigenvalue weighted by Crippen LogP contribution is -2.30. The van der Waals surface area contributed by atoms with Crippen LogP contribution in [0.5, 0.6) is 0 Å². The summed E-state index contributed by atoms with van der Waals surface area (Å²) in [6.45, 7) is 0.186. The van der Waals surface area contributed by atoms with Crippen molar-refractivity contribution in [2.45, 2.75) is 18.9 Å². The number of aliphatic hydroxyl groups is 1. The Morgan fingerprint density at radius 2 is 2.40 bits per heavy atom. The van der Waals surface area contributed by atoms with Crippen molar-refractivity contribution < 1.29 is 19.4 Å². The Balaban J connectivity index is 2.26. The zero-order chi connectivity index (χ0) is 14.5. The standard InChI is InChI=1S/C15H13NO4/c1-2-5-13(20-10-17)14(18)12-8-7-11-6-3-4-9-16(11)15(12)19/h1,3-4,6-7,9-10,13,19H,5,8H2. The summed E-state index contributed by atoms with van der Waals surface area (Å²) in [6.07, 6.45) is 13.2. The highest BCUT2D eigenvalue weighted by molar-refractivity contribution is 6.00. The van der Waals surface area contributed by atoms with Crippen LogP contribution in [0.25, 0.3) is 0 Å². The SMILES string of the molecule is C#CCC(OC=O)C(=O)C1=C(O)N2C=CC=CC2=CC1. The smallest absolute Gasteiger partial charge is 0.293 e. The molecule has 0 aromatic heterocycles. The average molecular weight is 271 g/mol. The number of hydrogen-bond donors (Lipinski definition) is 1. The van der Waals surface area contributed by atoms with E-state index >= 15 is 0 Å². The third-order valence-corrected chi connectivity index (χ3v) is 3.02. The van der Waals surface area contributed by atoms with Crippen LogP contribution in [0.4, 0.5) is 0 Å². The molecule has 0 bridgehead atoms. The van der Waals surface area contributed by atoms with Crippen LogP contribution >= 0.6 is 0 Å². The maximum absolute atomic E-state index is 12.3. The quantitative estimate of drug-likeness (QED) is 0.607. The predicted octanol–water partition coefficient (Wildman–Crippen LogP) is 1.56. The third-order valence-electron chi connectivity index (χ3n) is 3.02. The van der Waals surface area contributed by atoms with E-state index in [0.717, 1.165) is 5.70 Å². The number of ether oxygens (including phenoxy) is 1. The molecule has 2 aliphatic rings. The van der Waals surface area contributed by atoms with Gasteiger partial charge in [0.15, 0.2) is 6.10 Å². The summed E-state index contributed by atoms with van der Waals surface area (Å²) >= 11 is 0. The lowest BCUT2D eigenvalue weighted by molar-refractivity contribution is -0.141. The van der Waals surface area contributed by atoms with Crippen LogP contribution in [0, 0.1) is 12.3 Å². The van der Waals surface area contributed by atoms with E-state index in [-0.39, 0.29) is 30.8 Å². The number of allylic oxidation sites excluding steroid dienone is 4. The van der Waals surface area contributed by atoms with Crippen molar-refractivity contribution in [1.82, 2.24) is 4.90 Å². The Labute approximate surface area is 116 Å². The number of ketones is 1. The number of hydrogen-bond acceptors (Lipinski definition) is 5. The minimum Gasteiger partial charge on any atom is -0.494 e. The van der Waals surface area contributed by atoms with Gasteiger partial charge in [-0.15, -0.1) is 12.3 Å². The van der Waals surface area contributed by atoms with E-state index in [1.54, 1.807) is 18.4 Å². The molecule has 102 valence electrons. The van der Waals surface area contributed by atoms with Gasteiger partial charge >= 0.3 is 0 Å². The van der Waals surface area contributed by atoms with Gasteiger partial charge in [-0.2, -0.15) is 0 Å². The first-order chi connectivity index (χ1) is 9.69. The highest BCUT2D eigenvalue weighted by atomic mass is 16.5. The maximum Gasteiger partial charge on any atom is 0.293 e. The summed E-state index contributed by atoms with van der Waals surface area (Å²) in [5.74, 6) is 1.64. The highest BCUT2D eigenvalue weighted by Gasteiger charge is 2.30. The summed E-state index contributed by atoms with van der Waals surface area (Å²) < 4.78 is 4.69. The van der Waals surface area contributed by atoms with Crippen molar-refractivity contribution in [2.75, 3.05) is 0 Å². The van der Waals surface area contributed by atoms with Crippen LogP contribution in [-0.2, 0) is 14.3 Å². The fraction of sp³-hybridized carbons (Fsp3) is 0.200. The van der Waals surface area contributed by atoms with Crippen molar-refractivity contribution in [3.63, 3.8) is 0 Å². The van der Waals surface area contributed by atoms with Gasteiger partial charge in [0.25, 0.3) is 6.47 Å². The third kappa shape index (κ3) is 2.50. The summed E-state index contributed by atoms with van der Waals surface area (Å²) in [6, 6.07) is 0. The molecule has 0 aromatic carbocycles. The van der Waals surface area contributed by atoms with E-state index in [1.165, 1.54) is 4.90 Å². The second-order valence-corrected chi connectivity index (χ2v) is 4.20. The molecule has 0 saturated heterocycles. The molecule has 0 saturated carbocycles. The van der Waals surface area contributed by atoms with Crippen LogP contribution in [0.2, 0.25) is 0 Å². The van der Waals surface area contributed by atoms with Crippen molar-refractivity contribution in [3.05, 3.63) is 47.7 Å². The average Bonchev–Trinajstić information content (AvgIpc) is 2.47. The van der Waals surface area contributed by atoms with Crippen molar-refractivity contribution in [2.24, 2.45) is 0 Å². The highest BCUT2D eigenvalue weighted by Crippen LogP contribution is 2.28. The van der Waals surface area contributed by atoms with Gasteiger partial charge in [-0.25, -0.2) is 0 Å². The van der Waals surface area contributed by atoms with Gasteiger partial charge in [0.05, 0.1) is 12.0 Å². The molecule has 0 spiro atoms. The lowest BCUT2D eigenvalue weighted by Gasteiger charge is -2.28.